The van der Waals surface area contributed by atoms with Gasteiger partial charge in [-0.15, -0.1) is 0 Å². The molecule has 0 saturated heterocycles. The normalized spacial score (nSPS) is 10.8. The van der Waals surface area contributed by atoms with Gasteiger partial charge in [-0.1, -0.05) is 66.7 Å². The summed E-state index contributed by atoms with van der Waals surface area (Å²) < 4.78 is 34.8. The molecule has 0 fully saturated rings. The first-order valence-electron chi connectivity index (χ1n) is 9.58. The lowest BCUT2D eigenvalue weighted by molar-refractivity contribution is -0.121. The average Bonchev–Trinajstić information content (AvgIpc) is 2.75. The quantitative estimate of drug-likeness (QED) is 0.551. The summed E-state index contributed by atoms with van der Waals surface area (Å²) in [4.78, 5) is 13.0. The molecule has 0 heterocycles. The highest BCUT2D eigenvalue weighted by Gasteiger charge is 2.22. The maximum Gasteiger partial charge on any atom is 0.387 e. The molecule has 0 saturated carbocycles. The molecule has 1 amide bonds. The number of hydrogen-bond donors (Lipinski definition) is 1. The van der Waals surface area contributed by atoms with Gasteiger partial charge in [0.1, 0.15) is 0 Å². The molecule has 0 atom stereocenters. The topological polar surface area (TPSA) is 47.6 Å². The van der Waals surface area contributed by atoms with Gasteiger partial charge in [-0.05, 0) is 35.2 Å². The molecule has 30 heavy (non-hydrogen) atoms. The first kappa shape index (κ1) is 21.3. The fourth-order valence-corrected chi connectivity index (χ4v) is 3.28. The summed E-state index contributed by atoms with van der Waals surface area (Å²) in [5.74, 6) is -0.343. The van der Waals surface area contributed by atoms with Gasteiger partial charge in [0.25, 0.3) is 0 Å². The number of ether oxygens (including phenoxy) is 2. The first-order chi connectivity index (χ1) is 14.6. The fourth-order valence-electron chi connectivity index (χ4n) is 3.28. The van der Waals surface area contributed by atoms with Crippen molar-refractivity contribution in [3.63, 3.8) is 0 Å². The number of nitrogens with one attached hydrogen (secondary N) is 1. The van der Waals surface area contributed by atoms with Crippen molar-refractivity contribution in [1.29, 1.82) is 0 Å². The lowest BCUT2D eigenvalue weighted by atomic mass is 9.90. The third-order valence-corrected chi connectivity index (χ3v) is 4.68. The summed E-state index contributed by atoms with van der Waals surface area (Å²) >= 11 is 0. The second-order valence-corrected chi connectivity index (χ2v) is 6.66. The molecule has 0 unspecified atom stereocenters. The van der Waals surface area contributed by atoms with Crippen LogP contribution in [0.5, 0.6) is 11.5 Å². The van der Waals surface area contributed by atoms with Gasteiger partial charge in [-0.25, -0.2) is 0 Å². The van der Waals surface area contributed by atoms with Crippen LogP contribution in [0.1, 0.15) is 22.6 Å². The monoisotopic (exact) mass is 411 g/mol. The van der Waals surface area contributed by atoms with E-state index >= 15 is 0 Å². The Morgan fingerprint density at radius 1 is 0.900 bits per heavy atom. The van der Waals surface area contributed by atoms with Crippen LogP contribution in [0.15, 0.2) is 78.9 Å². The zero-order valence-corrected chi connectivity index (χ0v) is 16.6. The molecule has 4 nitrogen and oxygen atoms in total. The molecule has 0 bridgehead atoms. The van der Waals surface area contributed by atoms with Crippen LogP contribution >= 0.6 is 0 Å². The lowest BCUT2D eigenvalue weighted by Crippen LogP contribution is -2.31. The minimum Gasteiger partial charge on any atom is -0.493 e. The number of methoxy groups -OCH3 is 1. The molecular weight excluding hydrogens is 388 g/mol. The zero-order valence-electron chi connectivity index (χ0n) is 16.6. The highest BCUT2D eigenvalue weighted by Crippen LogP contribution is 2.30. The summed E-state index contributed by atoms with van der Waals surface area (Å²) in [7, 11) is 1.39. The van der Waals surface area contributed by atoms with Crippen molar-refractivity contribution in [2.24, 2.45) is 0 Å². The van der Waals surface area contributed by atoms with E-state index in [2.05, 4.69) is 10.1 Å². The van der Waals surface area contributed by atoms with E-state index in [0.717, 1.165) is 16.7 Å². The van der Waals surface area contributed by atoms with Crippen LogP contribution in [0.25, 0.3) is 0 Å². The highest BCUT2D eigenvalue weighted by molar-refractivity contribution is 5.87. The Kier molecular flexibility index (Phi) is 7.38. The second-order valence-electron chi connectivity index (χ2n) is 6.66. The molecule has 156 valence electrons. The van der Waals surface area contributed by atoms with Crippen molar-refractivity contribution in [1.82, 2.24) is 5.32 Å². The molecule has 6 heteroatoms. The number of rotatable bonds is 9. The van der Waals surface area contributed by atoms with Crippen LogP contribution in [0, 0.1) is 0 Å². The Morgan fingerprint density at radius 2 is 1.50 bits per heavy atom. The van der Waals surface area contributed by atoms with Gasteiger partial charge in [0.2, 0.25) is 5.91 Å². The van der Waals surface area contributed by atoms with Crippen molar-refractivity contribution in [2.45, 2.75) is 19.0 Å². The number of hydrogen-bond acceptors (Lipinski definition) is 3. The Bertz CT molecular complexity index is 910. The summed E-state index contributed by atoms with van der Waals surface area (Å²) in [6, 6.07) is 24.0. The van der Waals surface area contributed by atoms with Crippen LogP contribution < -0.4 is 14.8 Å². The Morgan fingerprint density at radius 3 is 2.03 bits per heavy atom. The molecule has 0 aliphatic carbocycles. The van der Waals surface area contributed by atoms with Crippen molar-refractivity contribution in [3.8, 4) is 11.5 Å². The van der Waals surface area contributed by atoms with Crippen molar-refractivity contribution >= 4 is 5.91 Å². The zero-order chi connectivity index (χ0) is 21.3. The number of carbonyl (C=O) groups excluding carboxylic acids is 1. The number of carbonyl (C=O) groups is 1. The summed E-state index contributed by atoms with van der Waals surface area (Å²) in [5.41, 5.74) is 2.55. The lowest BCUT2D eigenvalue weighted by Gasteiger charge is -2.18. The molecule has 0 spiro atoms. The first-order valence-corrected chi connectivity index (χ1v) is 9.58. The van der Waals surface area contributed by atoms with Gasteiger partial charge in [-0.2, -0.15) is 8.78 Å². The SMILES string of the molecule is COc1ccc(CCNC(=O)C(c2ccccc2)c2ccccc2)cc1OC(F)F. The van der Waals surface area contributed by atoms with Crippen molar-refractivity contribution in [2.75, 3.05) is 13.7 Å². The Balaban J connectivity index is 1.69. The fraction of sp³-hybridized carbons (Fsp3) is 0.208. The number of halogens is 2. The van der Waals surface area contributed by atoms with E-state index in [-0.39, 0.29) is 17.4 Å². The number of benzene rings is 3. The van der Waals surface area contributed by atoms with Crippen LogP contribution in [-0.2, 0) is 11.2 Å². The Labute approximate surface area is 174 Å². The van der Waals surface area contributed by atoms with E-state index in [0.29, 0.717) is 13.0 Å². The van der Waals surface area contributed by atoms with E-state index in [4.69, 9.17) is 4.74 Å². The maximum atomic E-state index is 13.0. The van der Waals surface area contributed by atoms with Crippen molar-refractivity contribution in [3.05, 3.63) is 95.6 Å². The van der Waals surface area contributed by atoms with Gasteiger partial charge in [0.15, 0.2) is 11.5 Å². The van der Waals surface area contributed by atoms with E-state index in [1.165, 1.54) is 13.2 Å². The molecule has 0 aromatic heterocycles. The third kappa shape index (κ3) is 5.56. The minimum atomic E-state index is -2.94. The van der Waals surface area contributed by atoms with Gasteiger partial charge in [0.05, 0.1) is 13.0 Å². The molecule has 1 N–H and O–H groups in total. The third-order valence-electron chi connectivity index (χ3n) is 4.68. The van der Waals surface area contributed by atoms with Crippen LogP contribution in [-0.4, -0.2) is 26.2 Å². The molecule has 3 rings (SSSR count). The van der Waals surface area contributed by atoms with Gasteiger partial charge < -0.3 is 14.8 Å². The van der Waals surface area contributed by atoms with Gasteiger partial charge in [0, 0.05) is 6.54 Å². The van der Waals surface area contributed by atoms with Crippen LogP contribution in [0.2, 0.25) is 0 Å². The van der Waals surface area contributed by atoms with Crippen molar-refractivity contribution < 1.29 is 23.0 Å². The molecule has 0 aliphatic rings. The Hall–Kier alpha value is -3.41. The standard InChI is InChI=1S/C24H23F2NO3/c1-29-20-13-12-17(16-21(20)30-24(25)26)14-15-27-23(28)22(18-8-4-2-5-9-18)19-10-6-3-7-11-19/h2-13,16,22,24H,14-15H2,1H3,(H,27,28). The molecule has 3 aromatic rings. The van der Waals surface area contributed by atoms with Crippen LogP contribution in [0.3, 0.4) is 0 Å². The average molecular weight is 411 g/mol. The van der Waals surface area contributed by atoms with E-state index in [9.17, 15) is 13.6 Å². The highest BCUT2D eigenvalue weighted by atomic mass is 19.3. The van der Waals surface area contributed by atoms with E-state index in [1.54, 1.807) is 12.1 Å². The van der Waals surface area contributed by atoms with Gasteiger partial charge >= 0.3 is 6.61 Å². The number of amides is 1. The largest absolute Gasteiger partial charge is 0.493 e. The molecular formula is C24H23F2NO3. The predicted molar refractivity (Wildman–Crippen MR) is 111 cm³/mol. The molecule has 3 aromatic carbocycles. The van der Waals surface area contributed by atoms with Gasteiger partial charge in [-0.3, -0.25) is 4.79 Å². The molecule has 0 aliphatic heterocycles. The van der Waals surface area contributed by atoms with Crippen LogP contribution in [0.4, 0.5) is 8.78 Å². The summed E-state index contributed by atoms with van der Waals surface area (Å²) in [6.45, 7) is -2.58. The van der Waals surface area contributed by atoms with E-state index in [1.807, 2.05) is 60.7 Å². The molecule has 0 radical (unpaired) electrons. The predicted octanol–water partition coefficient (Wildman–Crippen LogP) is 4.79. The van der Waals surface area contributed by atoms with E-state index < -0.39 is 12.5 Å². The summed E-state index contributed by atoms with van der Waals surface area (Å²) in [6.07, 6.45) is 0.464. The minimum absolute atomic E-state index is 0.0252. The smallest absolute Gasteiger partial charge is 0.387 e. The second kappa shape index (κ2) is 10.4. The number of alkyl halides is 2. The maximum absolute atomic E-state index is 13.0. The summed E-state index contributed by atoms with van der Waals surface area (Å²) in [5, 5.41) is 2.96.